The minimum Gasteiger partial charge on any atom is -0.472 e. The predicted molar refractivity (Wildman–Crippen MR) is 106 cm³/mol. The fraction of sp³-hybridized carbons (Fsp3) is 0.696. The number of methoxy groups -OCH3 is 1. The van der Waals surface area contributed by atoms with Crippen LogP contribution in [0.2, 0.25) is 0 Å². The zero-order chi connectivity index (χ0) is 22.6. The third kappa shape index (κ3) is 3.40. The largest absolute Gasteiger partial charge is 0.472 e. The molecule has 0 unspecified atom stereocenters. The molecule has 8 atom stereocenters. The summed E-state index contributed by atoms with van der Waals surface area (Å²) in [5.74, 6) is -2.63. The number of carbonyl (C=O) groups is 3. The van der Waals surface area contributed by atoms with Gasteiger partial charge in [0.1, 0.15) is 0 Å². The molecule has 3 fully saturated rings. The highest BCUT2D eigenvalue weighted by atomic mass is 16.6. The van der Waals surface area contributed by atoms with Crippen molar-refractivity contribution in [3.8, 4) is 0 Å². The van der Waals surface area contributed by atoms with E-state index in [2.05, 4.69) is 0 Å². The van der Waals surface area contributed by atoms with Gasteiger partial charge in [0.25, 0.3) is 0 Å². The quantitative estimate of drug-likeness (QED) is 0.723. The maximum absolute atomic E-state index is 13.7. The molecule has 0 aromatic carbocycles. The average Bonchev–Trinajstić information content (AvgIpc) is 3.23. The number of aliphatic hydroxyl groups is 1. The minimum absolute atomic E-state index is 0.114. The van der Waals surface area contributed by atoms with Gasteiger partial charge < -0.3 is 23.7 Å². The van der Waals surface area contributed by atoms with E-state index >= 15 is 0 Å². The number of esters is 2. The molecule has 2 aliphatic carbocycles. The SMILES string of the molecule is COC(=O)[C@@H]1C[C@H](OC(C)=O)C(=O)[C@H]2[C@@]1(C)CC[C@H]1[C@H](O)O[C@H](c3ccoc3)C[C@]21C. The summed E-state index contributed by atoms with van der Waals surface area (Å²) in [6.07, 6.45) is 2.36. The van der Waals surface area contributed by atoms with Crippen LogP contribution in [-0.4, -0.2) is 42.3 Å². The number of ether oxygens (including phenoxy) is 3. The summed E-state index contributed by atoms with van der Waals surface area (Å²) in [7, 11) is 1.33. The first-order valence-electron chi connectivity index (χ1n) is 10.8. The fourth-order valence-corrected chi connectivity index (χ4v) is 6.64. The first-order chi connectivity index (χ1) is 14.6. The normalized spacial score (nSPS) is 42.3. The first kappa shape index (κ1) is 22.0. The Morgan fingerprint density at radius 1 is 1.26 bits per heavy atom. The minimum atomic E-state index is -1.05. The summed E-state index contributed by atoms with van der Waals surface area (Å²) in [5, 5.41) is 10.9. The third-order valence-electron chi connectivity index (χ3n) is 7.99. The number of ketones is 1. The van der Waals surface area contributed by atoms with Gasteiger partial charge in [-0.15, -0.1) is 0 Å². The Morgan fingerprint density at radius 3 is 2.61 bits per heavy atom. The standard InChI is InChI=1S/C23H30O8/c1-12(24)30-16-9-15(20(26)28-4)22(2)7-5-14-21(27)31-17(13-6-8-29-11-13)10-23(14,3)19(22)18(16)25/h6,8,11,14-17,19,21,27H,5,7,9-10H2,1-4H3/t14-,15-,16-,17-,19-,21+,22-,23-/m0/s1. The Bertz CT molecular complexity index is 863. The van der Waals surface area contributed by atoms with Crippen molar-refractivity contribution in [2.24, 2.45) is 28.6 Å². The second-order valence-electron chi connectivity index (χ2n) is 9.68. The van der Waals surface area contributed by atoms with Gasteiger partial charge in [-0.1, -0.05) is 13.8 Å². The number of carbonyl (C=O) groups excluding carboxylic acids is 3. The highest BCUT2D eigenvalue weighted by molar-refractivity contribution is 5.92. The van der Waals surface area contributed by atoms with Crippen LogP contribution in [0.4, 0.5) is 0 Å². The molecule has 170 valence electrons. The lowest BCUT2D eigenvalue weighted by Gasteiger charge is -2.62. The summed E-state index contributed by atoms with van der Waals surface area (Å²) in [6.45, 7) is 5.20. The third-order valence-corrected chi connectivity index (χ3v) is 7.99. The van der Waals surface area contributed by atoms with Crippen LogP contribution < -0.4 is 0 Å². The summed E-state index contributed by atoms with van der Waals surface area (Å²) in [6, 6.07) is 1.78. The molecular formula is C23H30O8. The fourth-order valence-electron chi connectivity index (χ4n) is 6.64. The van der Waals surface area contributed by atoms with Crippen LogP contribution >= 0.6 is 0 Å². The maximum atomic E-state index is 13.7. The molecule has 3 aliphatic rings. The molecule has 1 aromatic rings. The van der Waals surface area contributed by atoms with Crippen LogP contribution in [0.5, 0.6) is 0 Å². The number of aliphatic hydroxyl groups excluding tert-OH is 1. The number of fused-ring (bicyclic) bond motifs is 3. The van der Waals surface area contributed by atoms with Gasteiger partial charge >= 0.3 is 11.9 Å². The second kappa shape index (κ2) is 7.74. The lowest BCUT2D eigenvalue weighted by atomic mass is 9.43. The number of hydrogen-bond donors (Lipinski definition) is 1. The molecule has 0 spiro atoms. The van der Waals surface area contributed by atoms with E-state index in [0.29, 0.717) is 19.3 Å². The molecule has 1 aliphatic heterocycles. The van der Waals surface area contributed by atoms with Crippen molar-refractivity contribution in [1.82, 2.24) is 0 Å². The summed E-state index contributed by atoms with van der Waals surface area (Å²) >= 11 is 0. The van der Waals surface area contributed by atoms with Crippen molar-refractivity contribution in [3.63, 3.8) is 0 Å². The van der Waals surface area contributed by atoms with E-state index in [1.165, 1.54) is 14.0 Å². The van der Waals surface area contributed by atoms with Crippen LogP contribution in [0.15, 0.2) is 23.0 Å². The van der Waals surface area contributed by atoms with E-state index in [4.69, 9.17) is 18.6 Å². The molecule has 0 radical (unpaired) electrons. The monoisotopic (exact) mass is 434 g/mol. The smallest absolute Gasteiger partial charge is 0.309 e. The van der Waals surface area contributed by atoms with Crippen LogP contribution in [0.3, 0.4) is 0 Å². The Morgan fingerprint density at radius 2 is 2.00 bits per heavy atom. The second-order valence-corrected chi connectivity index (χ2v) is 9.68. The van der Waals surface area contributed by atoms with E-state index in [1.54, 1.807) is 18.6 Å². The number of rotatable bonds is 3. The Labute approximate surface area is 181 Å². The highest BCUT2D eigenvalue weighted by Crippen LogP contribution is 2.65. The topological polar surface area (TPSA) is 112 Å². The molecule has 1 aromatic heterocycles. The van der Waals surface area contributed by atoms with E-state index in [1.807, 2.05) is 13.8 Å². The van der Waals surface area contributed by atoms with Crippen LogP contribution in [0.1, 0.15) is 58.1 Å². The van der Waals surface area contributed by atoms with Gasteiger partial charge in [-0.3, -0.25) is 14.4 Å². The van der Waals surface area contributed by atoms with Gasteiger partial charge in [-0.2, -0.15) is 0 Å². The van der Waals surface area contributed by atoms with Gasteiger partial charge in [-0.25, -0.2) is 0 Å². The van der Waals surface area contributed by atoms with Crippen LogP contribution in [-0.2, 0) is 28.6 Å². The maximum Gasteiger partial charge on any atom is 0.309 e. The molecule has 2 heterocycles. The zero-order valence-electron chi connectivity index (χ0n) is 18.3. The number of Topliss-reactive ketones (excluding diaryl/α,β-unsaturated/α-hetero) is 1. The molecular weight excluding hydrogens is 404 g/mol. The molecule has 1 saturated heterocycles. The molecule has 8 heteroatoms. The molecule has 2 saturated carbocycles. The van der Waals surface area contributed by atoms with Gasteiger partial charge in [0.2, 0.25) is 0 Å². The molecule has 4 rings (SSSR count). The lowest BCUT2D eigenvalue weighted by Crippen LogP contribution is -2.65. The van der Waals surface area contributed by atoms with Gasteiger partial charge in [-0.05, 0) is 36.2 Å². The zero-order valence-corrected chi connectivity index (χ0v) is 18.3. The van der Waals surface area contributed by atoms with Gasteiger partial charge in [0, 0.05) is 30.7 Å². The molecule has 0 bridgehead atoms. The molecule has 8 nitrogen and oxygen atoms in total. The predicted octanol–water partition coefficient (Wildman–Crippen LogP) is 2.79. The first-order valence-corrected chi connectivity index (χ1v) is 10.8. The van der Waals surface area contributed by atoms with Crippen molar-refractivity contribution >= 4 is 17.7 Å². The Balaban J connectivity index is 1.79. The Kier molecular flexibility index (Phi) is 5.50. The van der Waals surface area contributed by atoms with Crippen LogP contribution in [0, 0.1) is 28.6 Å². The summed E-state index contributed by atoms with van der Waals surface area (Å²) in [4.78, 5) is 38.2. The molecule has 1 N–H and O–H groups in total. The van der Waals surface area contributed by atoms with E-state index in [-0.39, 0.29) is 18.1 Å². The highest BCUT2D eigenvalue weighted by Gasteiger charge is 2.67. The van der Waals surface area contributed by atoms with E-state index in [0.717, 1.165) is 5.56 Å². The molecule has 0 amide bonds. The van der Waals surface area contributed by atoms with E-state index < -0.39 is 53.1 Å². The average molecular weight is 434 g/mol. The van der Waals surface area contributed by atoms with Crippen molar-refractivity contribution in [1.29, 1.82) is 0 Å². The van der Waals surface area contributed by atoms with Gasteiger partial charge in [0.15, 0.2) is 18.2 Å². The number of hydrogen-bond acceptors (Lipinski definition) is 8. The Hall–Kier alpha value is -2.19. The van der Waals surface area contributed by atoms with Crippen molar-refractivity contribution in [2.75, 3.05) is 7.11 Å². The lowest BCUT2D eigenvalue weighted by molar-refractivity contribution is -0.274. The summed E-state index contributed by atoms with van der Waals surface area (Å²) < 4.78 is 21.6. The van der Waals surface area contributed by atoms with Crippen molar-refractivity contribution in [2.45, 2.75) is 65.0 Å². The van der Waals surface area contributed by atoms with E-state index in [9.17, 15) is 19.5 Å². The van der Waals surface area contributed by atoms with Crippen molar-refractivity contribution in [3.05, 3.63) is 24.2 Å². The number of furan rings is 1. The van der Waals surface area contributed by atoms with Gasteiger partial charge in [0.05, 0.1) is 31.7 Å². The van der Waals surface area contributed by atoms with Crippen molar-refractivity contribution < 1.29 is 38.1 Å². The van der Waals surface area contributed by atoms with Crippen LogP contribution in [0.25, 0.3) is 0 Å². The summed E-state index contributed by atoms with van der Waals surface area (Å²) in [5.41, 5.74) is -0.561. The molecule has 31 heavy (non-hydrogen) atoms.